The maximum absolute atomic E-state index is 12.8. The summed E-state index contributed by atoms with van der Waals surface area (Å²) in [6, 6.07) is 9.76. The third-order valence-corrected chi connectivity index (χ3v) is 5.64. The van der Waals surface area contributed by atoms with Crippen molar-refractivity contribution in [2.45, 2.75) is 50.3 Å². The molecule has 2 amide bonds. The standard InChI is InChI=1S/C19H24N2O3/c22-18(20-15-7-4-8-15)14-11-16-17(12-14)24-10-9-21(16)19(23)13-5-2-1-3-6-13/h1-3,5-6,14-17H,4,7-12H2,(H,20,22)/t14-,16+,17+/m0/s1. The van der Waals surface area contributed by atoms with Gasteiger partial charge in [0, 0.05) is 24.1 Å². The summed E-state index contributed by atoms with van der Waals surface area (Å²) in [5, 5.41) is 3.15. The quantitative estimate of drug-likeness (QED) is 0.923. The second-order valence-electron chi connectivity index (χ2n) is 7.15. The van der Waals surface area contributed by atoms with Crippen LogP contribution in [0.5, 0.6) is 0 Å². The number of carbonyl (C=O) groups is 2. The van der Waals surface area contributed by atoms with Gasteiger partial charge in [-0.2, -0.15) is 0 Å². The number of hydrogen-bond donors (Lipinski definition) is 1. The number of amides is 2. The van der Waals surface area contributed by atoms with E-state index in [9.17, 15) is 9.59 Å². The lowest BCUT2D eigenvalue weighted by Gasteiger charge is -2.37. The van der Waals surface area contributed by atoms with Gasteiger partial charge in [-0.3, -0.25) is 9.59 Å². The van der Waals surface area contributed by atoms with E-state index >= 15 is 0 Å². The minimum Gasteiger partial charge on any atom is -0.374 e. The molecule has 24 heavy (non-hydrogen) atoms. The predicted octanol–water partition coefficient (Wildman–Crippen LogP) is 1.97. The van der Waals surface area contributed by atoms with E-state index in [0.29, 0.717) is 31.2 Å². The Kier molecular flexibility index (Phi) is 4.27. The van der Waals surface area contributed by atoms with E-state index in [2.05, 4.69) is 5.32 Å². The molecule has 1 aliphatic heterocycles. The van der Waals surface area contributed by atoms with Crippen molar-refractivity contribution in [3.63, 3.8) is 0 Å². The van der Waals surface area contributed by atoms with Gasteiger partial charge in [0.15, 0.2) is 0 Å². The molecule has 5 heteroatoms. The lowest BCUT2D eigenvalue weighted by Crippen LogP contribution is -2.51. The largest absolute Gasteiger partial charge is 0.374 e. The summed E-state index contributed by atoms with van der Waals surface area (Å²) in [6.07, 6.45) is 4.83. The molecule has 3 fully saturated rings. The minimum atomic E-state index is -0.0372. The van der Waals surface area contributed by atoms with Gasteiger partial charge in [-0.05, 0) is 44.2 Å². The van der Waals surface area contributed by atoms with Gasteiger partial charge in [0.05, 0.1) is 18.8 Å². The molecule has 0 aromatic heterocycles. The zero-order valence-corrected chi connectivity index (χ0v) is 13.8. The van der Waals surface area contributed by atoms with Crippen molar-refractivity contribution in [3.05, 3.63) is 35.9 Å². The van der Waals surface area contributed by atoms with Gasteiger partial charge in [0.2, 0.25) is 5.91 Å². The molecule has 2 aliphatic carbocycles. The van der Waals surface area contributed by atoms with E-state index in [4.69, 9.17) is 4.74 Å². The maximum atomic E-state index is 12.8. The normalized spacial score (nSPS) is 29.7. The Hall–Kier alpha value is -1.88. The van der Waals surface area contributed by atoms with E-state index in [1.807, 2.05) is 35.2 Å². The molecule has 128 valence electrons. The molecular formula is C19H24N2O3. The molecule has 1 N–H and O–H groups in total. The molecule has 1 heterocycles. The smallest absolute Gasteiger partial charge is 0.254 e. The van der Waals surface area contributed by atoms with Crippen LogP contribution in [0.2, 0.25) is 0 Å². The number of nitrogens with one attached hydrogen (secondary N) is 1. The first-order chi connectivity index (χ1) is 11.7. The molecule has 3 aliphatic rings. The third kappa shape index (κ3) is 2.93. The van der Waals surface area contributed by atoms with Crippen molar-refractivity contribution in [2.24, 2.45) is 5.92 Å². The number of carbonyl (C=O) groups excluding carboxylic acids is 2. The van der Waals surface area contributed by atoms with E-state index in [1.165, 1.54) is 6.42 Å². The molecule has 2 saturated carbocycles. The summed E-state index contributed by atoms with van der Waals surface area (Å²) in [5.74, 6) is 0.156. The summed E-state index contributed by atoms with van der Waals surface area (Å²) in [6.45, 7) is 1.16. The summed E-state index contributed by atoms with van der Waals surface area (Å²) in [7, 11) is 0. The van der Waals surface area contributed by atoms with Crippen LogP contribution in [-0.4, -0.2) is 48.1 Å². The predicted molar refractivity (Wildman–Crippen MR) is 89.5 cm³/mol. The molecule has 3 atom stereocenters. The molecule has 4 rings (SSSR count). The van der Waals surface area contributed by atoms with Crippen LogP contribution in [-0.2, 0) is 9.53 Å². The summed E-state index contributed by atoms with van der Waals surface area (Å²) < 4.78 is 5.87. The summed E-state index contributed by atoms with van der Waals surface area (Å²) >= 11 is 0. The second kappa shape index (κ2) is 6.55. The van der Waals surface area contributed by atoms with E-state index in [1.54, 1.807) is 0 Å². The van der Waals surface area contributed by atoms with Crippen molar-refractivity contribution in [1.29, 1.82) is 0 Å². The van der Waals surface area contributed by atoms with Crippen LogP contribution in [0.3, 0.4) is 0 Å². The molecule has 0 spiro atoms. The maximum Gasteiger partial charge on any atom is 0.254 e. The number of benzene rings is 1. The number of rotatable bonds is 3. The minimum absolute atomic E-state index is 0.0106. The highest BCUT2D eigenvalue weighted by atomic mass is 16.5. The Labute approximate surface area is 142 Å². The van der Waals surface area contributed by atoms with Crippen molar-refractivity contribution >= 4 is 11.8 Å². The Balaban J connectivity index is 1.44. The summed E-state index contributed by atoms with van der Waals surface area (Å²) in [4.78, 5) is 27.2. The Morgan fingerprint density at radius 1 is 1.12 bits per heavy atom. The van der Waals surface area contributed by atoms with E-state index in [0.717, 1.165) is 19.3 Å². The van der Waals surface area contributed by atoms with E-state index in [-0.39, 0.29) is 29.9 Å². The Morgan fingerprint density at radius 3 is 2.62 bits per heavy atom. The molecule has 0 radical (unpaired) electrons. The van der Waals surface area contributed by atoms with Gasteiger partial charge >= 0.3 is 0 Å². The Bertz CT molecular complexity index is 614. The van der Waals surface area contributed by atoms with Crippen molar-refractivity contribution in [2.75, 3.05) is 13.2 Å². The van der Waals surface area contributed by atoms with Gasteiger partial charge in [0.25, 0.3) is 5.91 Å². The highest BCUT2D eigenvalue weighted by molar-refractivity contribution is 5.94. The molecule has 1 saturated heterocycles. The van der Waals surface area contributed by atoms with Crippen LogP contribution < -0.4 is 5.32 Å². The van der Waals surface area contributed by atoms with Crippen molar-refractivity contribution in [1.82, 2.24) is 10.2 Å². The number of morpholine rings is 1. The van der Waals surface area contributed by atoms with Crippen LogP contribution in [0.15, 0.2) is 30.3 Å². The molecule has 1 aromatic rings. The zero-order valence-electron chi connectivity index (χ0n) is 13.8. The molecule has 0 unspecified atom stereocenters. The first kappa shape index (κ1) is 15.6. The van der Waals surface area contributed by atoms with E-state index < -0.39 is 0 Å². The lowest BCUT2D eigenvalue weighted by molar-refractivity contribution is -0.126. The first-order valence-corrected chi connectivity index (χ1v) is 9.00. The third-order valence-electron chi connectivity index (χ3n) is 5.64. The van der Waals surface area contributed by atoms with Crippen molar-refractivity contribution < 1.29 is 14.3 Å². The van der Waals surface area contributed by atoms with Crippen LogP contribution in [0, 0.1) is 5.92 Å². The van der Waals surface area contributed by atoms with Crippen LogP contribution in [0.25, 0.3) is 0 Å². The van der Waals surface area contributed by atoms with Crippen LogP contribution in [0.1, 0.15) is 42.5 Å². The van der Waals surface area contributed by atoms with Gasteiger partial charge in [-0.1, -0.05) is 18.2 Å². The topological polar surface area (TPSA) is 58.6 Å². The summed E-state index contributed by atoms with van der Waals surface area (Å²) in [5.41, 5.74) is 0.709. The highest BCUT2D eigenvalue weighted by Gasteiger charge is 2.45. The number of nitrogens with zero attached hydrogens (tertiary/aromatic N) is 1. The highest BCUT2D eigenvalue weighted by Crippen LogP contribution is 2.35. The van der Waals surface area contributed by atoms with Crippen LogP contribution >= 0.6 is 0 Å². The number of hydrogen-bond acceptors (Lipinski definition) is 3. The van der Waals surface area contributed by atoms with Crippen LogP contribution in [0.4, 0.5) is 0 Å². The fourth-order valence-electron chi connectivity index (χ4n) is 4.04. The second-order valence-corrected chi connectivity index (χ2v) is 7.15. The Morgan fingerprint density at radius 2 is 1.92 bits per heavy atom. The number of ether oxygens (including phenoxy) is 1. The first-order valence-electron chi connectivity index (χ1n) is 9.00. The van der Waals surface area contributed by atoms with Crippen molar-refractivity contribution in [3.8, 4) is 0 Å². The monoisotopic (exact) mass is 328 g/mol. The van der Waals surface area contributed by atoms with Gasteiger partial charge in [-0.25, -0.2) is 0 Å². The fraction of sp³-hybridized carbons (Fsp3) is 0.579. The molecule has 1 aromatic carbocycles. The average molecular weight is 328 g/mol. The van der Waals surface area contributed by atoms with Gasteiger partial charge < -0.3 is 15.0 Å². The zero-order chi connectivity index (χ0) is 16.5. The molecule has 5 nitrogen and oxygen atoms in total. The van der Waals surface area contributed by atoms with Gasteiger partial charge in [-0.15, -0.1) is 0 Å². The molecular weight excluding hydrogens is 304 g/mol. The van der Waals surface area contributed by atoms with Gasteiger partial charge in [0.1, 0.15) is 0 Å². The molecule has 0 bridgehead atoms. The SMILES string of the molecule is O=C(NC1CCC1)[C@H]1C[C@@H]2[C@@H](C1)OCCN2C(=O)c1ccccc1. The average Bonchev–Trinajstić information content (AvgIpc) is 3.02. The number of fused-ring (bicyclic) bond motifs is 1. The lowest BCUT2D eigenvalue weighted by atomic mass is 9.92. The fourth-order valence-corrected chi connectivity index (χ4v) is 4.04.